The first kappa shape index (κ1) is 18.7. The number of hydrogen-bond donors (Lipinski definition) is 2. The molecule has 24 heavy (non-hydrogen) atoms. The molecule has 0 bridgehead atoms. The zero-order valence-electron chi connectivity index (χ0n) is 14.8. The Balaban J connectivity index is 2.32. The van der Waals surface area contributed by atoms with E-state index in [1.807, 2.05) is 13.0 Å². The SMILES string of the molecule is C=C1C[C@@H](O)/C=C(\C)CC[C@@H]2/C(=C\C=C\C(C)(C)O)C(=O)OC[C@H]12. The summed E-state index contributed by atoms with van der Waals surface area (Å²) in [5, 5.41) is 19.9. The topological polar surface area (TPSA) is 66.8 Å². The van der Waals surface area contributed by atoms with Gasteiger partial charge in [-0.05, 0) is 40.0 Å². The number of aliphatic hydroxyl groups excluding tert-OH is 1. The van der Waals surface area contributed by atoms with Crippen molar-refractivity contribution in [1.29, 1.82) is 0 Å². The lowest BCUT2D eigenvalue weighted by molar-refractivity contribution is -0.144. The van der Waals surface area contributed by atoms with Crippen LogP contribution in [-0.2, 0) is 9.53 Å². The van der Waals surface area contributed by atoms with Crippen LogP contribution in [0.3, 0.4) is 0 Å². The summed E-state index contributed by atoms with van der Waals surface area (Å²) in [4.78, 5) is 12.3. The lowest BCUT2D eigenvalue weighted by Gasteiger charge is -2.34. The van der Waals surface area contributed by atoms with Gasteiger partial charge in [0, 0.05) is 17.4 Å². The Hall–Kier alpha value is -1.65. The average Bonchev–Trinajstić information content (AvgIpc) is 2.49. The molecule has 2 aliphatic rings. The predicted molar refractivity (Wildman–Crippen MR) is 94.2 cm³/mol. The number of cyclic esters (lactones) is 1. The predicted octanol–water partition coefficient (Wildman–Crippen LogP) is 3.08. The summed E-state index contributed by atoms with van der Waals surface area (Å²) in [6.45, 7) is 9.82. The molecular formula is C20H28O4. The lowest BCUT2D eigenvalue weighted by Crippen LogP contribution is -2.34. The summed E-state index contributed by atoms with van der Waals surface area (Å²) in [5.41, 5.74) is 1.74. The van der Waals surface area contributed by atoms with E-state index in [0.29, 0.717) is 18.6 Å². The largest absolute Gasteiger partial charge is 0.462 e. The van der Waals surface area contributed by atoms with Crippen molar-refractivity contribution in [3.05, 3.63) is 47.6 Å². The number of rotatable bonds is 2. The first-order valence-electron chi connectivity index (χ1n) is 8.49. The fraction of sp³-hybridized carbons (Fsp3) is 0.550. The van der Waals surface area contributed by atoms with E-state index in [2.05, 4.69) is 6.58 Å². The normalized spacial score (nSPS) is 33.3. The van der Waals surface area contributed by atoms with Crippen molar-refractivity contribution < 1.29 is 19.7 Å². The van der Waals surface area contributed by atoms with Gasteiger partial charge in [-0.25, -0.2) is 4.79 Å². The van der Waals surface area contributed by atoms with Crippen LogP contribution >= 0.6 is 0 Å². The standard InChI is InChI=1S/C20H28O4/c1-13-7-8-16-17(6-5-9-20(3,4)23)19(22)24-12-18(16)14(2)11-15(21)10-13/h5-6,9-10,15-16,18,21,23H,2,7-8,11-12H2,1,3-4H3/b9-5+,13-10+,17-6+/t15-,16+,18+/m0/s1. The molecule has 4 nitrogen and oxygen atoms in total. The van der Waals surface area contributed by atoms with Crippen LogP contribution in [0.4, 0.5) is 0 Å². The van der Waals surface area contributed by atoms with E-state index in [0.717, 1.165) is 24.0 Å². The van der Waals surface area contributed by atoms with E-state index in [9.17, 15) is 15.0 Å². The molecule has 132 valence electrons. The van der Waals surface area contributed by atoms with Gasteiger partial charge in [0.25, 0.3) is 0 Å². The molecule has 1 heterocycles. The minimum absolute atomic E-state index is 0.0263. The Bertz CT molecular complexity index is 589. The minimum Gasteiger partial charge on any atom is -0.462 e. The summed E-state index contributed by atoms with van der Waals surface area (Å²) in [6.07, 6.45) is 8.59. The second-order valence-electron chi connectivity index (χ2n) is 7.43. The summed E-state index contributed by atoms with van der Waals surface area (Å²) in [6, 6.07) is 0. The maximum Gasteiger partial charge on any atom is 0.334 e. The third-order valence-corrected chi connectivity index (χ3v) is 4.62. The molecule has 0 aromatic carbocycles. The van der Waals surface area contributed by atoms with Crippen LogP contribution in [-0.4, -0.2) is 34.5 Å². The molecule has 0 aromatic heterocycles. The van der Waals surface area contributed by atoms with Crippen LogP contribution in [0.2, 0.25) is 0 Å². The molecule has 1 saturated heterocycles. The molecule has 1 fully saturated rings. The highest BCUT2D eigenvalue weighted by atomic mass is 16.5. The van der Waals surface area contributed by atoms with Gasteiger partial charge in [-0.2, -0.15) is 0 Å². The van der Waals surface area contributed by atoms with Crippen molar-refractivity contribution in [2.24, 2.45) is 11.8 Å². The summed E-state index contributed by atoms with van der Waals surface area (Å²) >= 11 is 0. The highest BCUT2D eigenvalue weighted by Crippen LogP contribution is 2.38. The molecular weight excluding hydrogens is 304 g/mol. The van der Waals surface area contributed by atoms with Gasteiger partial charge >= 0.3 is 5.97 Å². The van der Waals surface area contributed by atoms with E-state index in [1.54, 1.807) is 32.1 Å². The Kier molecular flexibility index (Phi) is 5.83. The van der Waals surface area contributed by atoms with Gasteiger partial charge in [-0.3, -0.25) is 0 Å². The van der Waals surface area contributed by atoms with Gasteiger partial charge < -0.3 is 14.9 Å². The molecule has 1 aliphatic heterocycles. The molecule has 0 amide bonds. The molecule has 0 spiro atoms. The fourth-order valence-corrected chi connectivity index (χ4v) is 3.34. The van der Waals surface area contributed by atoms with Crippen LogP contribution < -0.4 is 0 Å². The van der Waals surface area contributed by atoms with E-state index >= 15 is 0 Å². The summed E-state index contributed by atoms with van der Waals surface area (Å²) in [5.74, 6) is -0.247. The fourth-order valence-electron chi connectivity index (χ4n) is 3.34. The maximum absolute atomic E-state index is 12.3. The number of esters is 1. The van der Waals surface area contributed by atoms with Crippen LogP contribution in [0.15, 0.2) is 47.6 Å². The molecule has 0 unspecified atom stereocenters. The summed E-state index contributed by atoms with van der Waals surface area (Å²) in [7, 11) is 0. The second-order valence-corrected chi connectivity index (χ2v) is 7.43. The van der Waals surface area contributed by atoms with Crippen LogP contribution in [0, 0.1) is 11.8 Å². The Labute approximate surface area is 144 Å². The maximum atomic E-state index is 12.3. The van der Waals surface area contributed by atoms with Crippen molar-refractivity contribution in [2.45, 2.75) is 51.7 Å². The molecule has 1 aliphatic carbocycles. The molecule has 0 saturated carbocycles. The first-order valence-corrected chi connectivity index (χ1v) is 8.49. The summed E-state index contributed by atoms with van der Waals surface area (Å²) < 4.78 is 5.35. The van der Waals surface area contributed by atoms with Gasteiger partial charge in [0.05, 0.1) is 18.3 Å². The molecule has 2 N–H and O–H groups in total. The lowest BCUT2D eigenvalue weighted by atomic mass is 9.76. The number of fused-ring (bicyclic) bond motifs is 1. The van der Waals surface area contributed by atoms with Gasteiger partial charge in [0.2, 0.25) is 0 Å². The molecule has 3 atom stereocenters. The van der Waals surface area contributed by atoms with Crippen LogP contribution in [0.25, 0.3) is 0 Å². The minimum atomic E-state index is -0.930. The molecule has 0 radical (unpaired) electrons. The average molecular weight is 332 g/mol. The van der Waals surface area contributed by atoms with Gasteiger partial charge in [0.15, 0.2) is 0 Å². The van der Waals surface area contributed by atoms with Crippen molar-refractivity contribution >= 4 is 5.97 Å². The Morgan fingerprint density at radius 3 is 2.75 bits per heavy atom. The number of carbonyl (C=O) groups excluding carboxylic acids is 1. The van der Waals surface area contributed by atoms with Gasteiger partial charge in [0.1, 0.15) is 0 Å². The van der Waals surface area contributed by atoms with Gasteiger partial charge in [-0.1, -0.05) is 42.0 Å². The van der Waals surface area contributed by atoms with Crippen molar-refractivity contribution in [3.8, 4) is 0 Å². The highest BCUT2D eigenvalue weighted by Gasteiger charge is 2.37. The Morgan fingerprint density at radius 2 is 2.08 bits per heavy atom. The third kappa shape index (κ3) is 4.92. The molecule has 2 rings (SSSR count). The highest BCUT2D eigenvalue weighted by molar-refractivity contribution is 5.90. The molecule has 4 heteroatoms. The zero-order chi connectivity index (χ0) is 17.9. The van der Waals surface area contributed by atoms with E-state index in [4.69, 9.17) is 4.74 Å². The van der Waals surface area contributed by atoms with E-state index in [-0.39, 0.29) is 17.8 Å². The molecule has 0 aromatic rings. The number of allylic oxidation sites excluding steroid dienone is 3. The van der Waals surface area contributed by atoms with Crippen LogP contribution in [0.1, 0.15) is 40.0 Å². The van der Waals surface area contributed by atoms with E-state index in [1.165, 1.54) is 0 Å². The second kappa shape index (κ2) is 7.49. The zero-order valence-corrected chi connectivity index (χ0v) is 14.8. The van der Waals surface area contributed by atoms with Crippen LogP contribution in [0.5, 0.6) is 0 Å². The van der Waals surface area contributed by atoms with Crippen molar-refractivity contribution in [1.82, 2.24) is 0 Å². The quantitative estimate of drug-likeness (QED) is 0.463. The van der Waals surface area contributed by atoms with Gasteiger partial charge in [-0.15, -0.1) is 0 Å². The number of ether oxygens (including phenoxy) is 1. The smallest absolute Gasteiger partial charge is 0.334 e. The monoisotopic (exact) mass is 332 g/mol. The Morgan fingerprint density at radius 1 is 1.38 bits per heavy atom. The number of aliphatic hydroxyl groups is 2. The number of carbonyl (C=O) groups is 1. The van der Waals surface area contributed by atoms with Crippen molar-refractivity contribution in [2.75, 3.05) is 6.61 Å². The van der Waals surface area contributed by atoms with E-state index < -0.39 is 11.7 Å². The van der Waals surface area contributed by atoms with Crippen molar-refractivity contribution in [3.63, 3.8) is 0 Å². The number of hydrogen-bond acceptors (Lipinski definition) is 4. The third-order valence-electron chi connectivity index (χ3n) is 4.62. The first-order chi connectivity index (χ1) is 11.2.